The highest BCUT2D eigenvalue weighted by molar-refractivity contribution is 5.98. The van der Waals surface area contributed by atoms with E-state index in [1.54, 1.807) is 19.1 Å². The molecule has 27 heavy (non-hydrogen) atoms. The molecule has 140 valence electrons. The lowest BCUT2D eigenvalue weighted by Gasteiger charge is -2.32. The molecule has 4 rings (SSSR count). The molecule has 2 aromatic heterocycles. The summed E-state index contributed by atoms with van der Waals surface area (Å²) in [7, 11) is 0. The number of halogens is 1. The standard InChI is InChI=1S/C19H19FN4O3/c1-2-26-19(25)13-4-3-9-24(10-13)17-15-16(12-5-7-14(20)8-6-12)23-27-18(15)22-11-21-17/h5-8,11,13H,2-4,9-10H2,1H3. The number of piperidine rings is 1. The maximum absolute atomic E-state index is 13.3. The van der Waals surface area contributed by atoms with Crippen molar-refractivity contribution in [2.24, 2.45) is 5.92 Å². The highest BCUT2D eigenvalue weighted by Crippen LogP contribution is 2.34. The quantitative estimate of drug-likeness (QED) is 0.652. The highest BCUT2D eigenvalue weighted by Gasteiger charge is 2.30. The second kappa shape index (κ2) is 7.30. The molecule has 1 unspecified atom stereocenters. The first kappa shape index (κ1) is 17.4. The van der Waals surface area contributed by atoms with Crippen LogP contribution in [0, 0.1) is 11.7 Å². The van der Waals surface area contributed by atoms with Crippen LogP contribution in [0.15, 0.2) is 35.1 Å². The summed E-state index contributed by atoms with van der Waals surface area (Å²) in [6.45, 7) is 3.45. The monoisotopic (exact) mass is 370 g/mol. The molecule has 1 atom stereocenters. The number of hydrogen-bond acceptors (Lipinski definition) is 7. The number of anilines is 1. The zero-order valence-electron chi connectivity index (χ0n) is 14.9. The molecule has 1 aliphatic heterocycles. The molecular formula is C19H19FN4O3. The Morgan fingerprint density at radius 1 is 1.33 bits per heavy atom. The summed E-state index contributed by atoms with van der Waals surface area (Å²) in [5.41, 5.74) is 1.63. The smallest absolute Gasteiger partial charge is 0.310 e. The largest absolute Gasteiger partial charge is 0.466 e. The summed E-state index contributed by atoms with van der Waals surface area (Å²) in [5.74, 6) is -0.0414. The van der Waals surface area contributed by atoms with Crippen molar-refractivity contribution < 1.29 is 18.4 Å². The highest BCUT2D eigenvalue weighted by atomic mass is 19.1. The summed E-state index contributed by atoms with van der Waals surface area (Å²) in [6.07, 6.45) is 3.06. The van der Waals surface area contributed by atoms with Gasteiger partial charge in [0.2, 0.25) is 0 Å². The van der Waals surface area contributed by atoms with E-state index in [1.165, 1.54) is 18.5 Å². The molecule has 0 radical (unpaired) electrons. The van der Waals surface area contributed by atoms with Gasteiger partial charge in [0.25, 0.3) is 5.71 Å². The summed E-state index contributed by atoms with van der Waals surface area (Å²) < 4.78 is 23.8. The molecule has 0 bridgehead atoms. The van der Waals surface area contributed by atoms with Crippen molar-refractivity contribution in [3.63, 3.8) is 0 Å². The third-order valence-corrected chi connectivity index (χ3v) is 4.71. The first-order chi connectivity index (χ1) is 13.2. The van der Waals surface area contributed by atoms with E-state index in [0.29, 0.717) is 41.3 Å². The minimum Gasteiger partial charge on any atom is -0.466 e. The van der Waals surface area contributed by atoms with Crippen molar-refractivity contribution >= 4 is 22.9 Å². The van der Waals surface area contributed by atoms with Crippen molar-refractivity contribution in [3.05, 3.63) is 36.4 Å². The number of ether oxygens (including phenoxy) is 1. The lowest BCUT2D eigenvalue weighted by Crippen LogP contribution is -2.40. The van der Waals surface area contributed by atoms with E-state index >= 15 is 0 Å². The van der Waals surface area contributed by atoms with Crippen molar-refractivity contribution in [1.82, 2.24) is 15.1 Å². The molecule has 8 heteroatoms. The van der Waals surface area contributed by atoms with Gasteiger partial charge in [-0.15, -0.1) is 0 Å². The van der Waals surface area contributed by atoms with Crippen molar-refractivity contribution in [2.45, 2.75) is 19.8 Å². The van der Waals surface area contributed by atoms with E-state index in [1.807, 2.05) is 4.90 Å². The zero-order valence-corrected chi connectivity index (χ0v) is 14.9. The van der Waals surface area contributed by atoms with Crippen LogP contribution in [-0.2, 0) is 9.53 Å². The number of fused-ring (bicyclic) bond motifs is 1. The molecule has 1 fully saturated rings. The Bertz CT molecular complexity index is 957. The van der Waals surface area contributed by atoms with Crippen molar-refractivity contribution in [2.75, 3.05) is 24.6 Å². The van der Waals surface area contributed by atoms with Gasteiger partial charge in [0.1, 0.15) is 29.0 Å². The third kappa shape index (κ3) is 3.34. The topological polar surface area (TPSA) is 81.4 Å². The Labute approximate surface area is 155 Å². The van der Waals surface area contributed by atoms with Crippen LogP contribution >= 0.6 is 0 Å². The Kier molecular flexibility index (Phi) is 4.70. The first-order valence-corrected chi connectivity index (χ1v) is 8.95. The van der Waals surface area contributed by atoms with Gasteiger partial charge in [-0.3, -0.25) is 4.79 Å². The fraction of sp³-hybridized carbons (Fsp3) is 0.368. The molecular weight excluding hydrogens is 351 g/mol. The van der Waals surface area contributed by atoms with Crippen LogP contribution in [-0.4, -0.2) is 40.8 Å². The summed E-state index contributed by atoms with van der Waals surface area (Å²) in [4.78, 5) is 22.8. The van der Waals surface area contributed by atoms with E-state index in [2.05, 4.69) is 15.1 Å². The summed E-state index contributed by atoms with van der Waals surface area (Å²) in [5, 5.41) is 4.78. The van der Waals surface area contributed by atoms with E-state index in [0.717, 1.165) is 19.4 Å². The number of benzene rings is 1. The lowest BCUT2D eigenvalue weighted by atomic mass is 9.98. The summed E-state index contributed by atoms with van der Waals surface area (Å²) in [6, 6.07) is 6.02. The number of hydrogen-bond donors (Lipinski definition) is 0. The van der Waals surface area contributed by atoms with Gasteiger partial charge in [0, 0.05) is 18.7 Å². The lowest BCUT2D eigenvalue weighted by molar-refractivity contribution is -0.148. The maximum atomic E-state index is 13.3. The molecule has 1 aliphatic rings. The average Bonchev–Trinajstić information content (AvgIpc) is 3.13. The Balaban J connectivity index is 1.72. The minimum atomic E-state index is -0.323. The van der Waals surface area contributed by atoms with Crippen LogP contribution in [0.25, 0.3) is 22.4 Å². The first-order valence-electron chi connectivity index (χ1n) is 8.95. The number of carbonyl (C=O) groups excluding carboxylic acids is 1. The molecule has 3 heterocycles. The third-order valence-electron chi connectivity index (χ3n) is 4.71. The van der Waals surface area contributed by atoms with Gasteiger partial charge >= 0.3 is 5.97 Å². The molecule has 0 amide bonds. The van der Waals surface area contributed by atoms with Gasteiger partial charge in [-0.25, -0.2) is 9.37 Å². The number of rotatable bonds is 4. The van der Waals surface area contributed by atoms with Gasteiger partial charge in [0.05, 0.1) is 12.5 Å². The van der Waals surface area contributed by atoms with Crippen LogP contribution in [0.4, 0.5) is 10.2 Å². The van der Waals surface area contributed by atoms with Crippen molar-refractivity contribution in [3.8, 4) is 11.3 Å². The van der Waals surface area contributed by atoms with Crippen LogP contribution in [0.1, 0.15) is 19.8 Å². The normalized spacial score (nSPS) is 17.3. The number of esters is 1. The Morgan fingerprint density at radius 3 is 2.93 bits per heavy atom. The fourth-order valence-corrected chi connectivity index (χ4v) is 3.44. The predicted octanol–water partition coefficient (Wildman–Crippen LogP) is 3.20. The van der Waals surface area contributed by atoms with Crippen LogP contribution in [0.2, 0.25) is 0 Å². The molecule has 7 nitrogen and oxygen atoms in total. The minimum absolute atomic E-state index is 0.184. The van der Waals surface area contributed by atoms with E-state index < -0.39 is 0 Å². The van der Waals surface area contributed by atoms with Gasteiger partial charge in [-0.05, 0) is 44.0 Å². The molecule has 0 spiro atoms. The number of aromatic nitrogens is 3. The molecule has 0 saturated carbocycles. The van der Waals surface area contributed by atoms with Crippen LogP contribution in [0.3, 0.4) is 0 Å². The zero-order chi connectivity index (χ0) is 18.8. The Hall–Kier alpha value is -3.03. The van der Waals surface area contributed by atoms with E-state index in [-0.39, 0.29) is 17.7 Å². The molecule has 3 aromatic rings. The molecule has 0 N–H and O–H groups in total. The van der Waals surface area contributed by atoms with Gasteiger partial charge in [-0.2, -0.15) is 4.98 Å². The second-order valence-electron chi connectivity index (χ2n) is 6.45. The SMILES string of the molecule is CCOC(=O)C1CCCN(c2ncnc3onc(-c4ccc(F)cc4)c23)C1. The maximum Gasteiger partial charge on any atom is 0.310 e. The molecule has 0 aliphatic carbocycles. The van der Waals surface area contributed by atoms with Gasteiger partial charge < -0.3 is 14.2 Å². The number of carbonyl (C=O) groups is 1. The predicted molar refractivity (Wildman–Crippen MR) is 96.6 cm³/mol. The number of nitrogens with zero attached hydrogens (tertiary/aromatic N) is 4. The average molecular weight is 370 g/mol. The Morgan fingerprint density at radius 2 is 2.15 bits per heavy atom. The molecule has 1 aromatic carbocycles. The van der Waals surface area contributed by atoms with Crippen LogP contribution in [0.5, 0.6) is 0 Å². The van der Waals surface area contributed by atoms with Crippen LogP contribution < -0.4 is 4.90 Å². The second-order valence-corrected chi connectivity index (χ2v) is 6.45. The molecule has 1 saturated heterocycles. The van der Waals surface area contributed by atoms with E-state index in [9.17, 15) is 9.18 Å². The van der Waals surface area contributed by atoms with Gasteiger partial charge in [0.15, 0.2) is 0 Å². The van der Waals surface area contributed by atoms with E-state index in [4.69, 9.17) is 9.26 Å². The fourth-order valence-electron chi connectivity index (χ4n) is 3.44. The van der Waals surface area contributed by atoms with Gasteiger partial charge in [-0.1, -0.05) is 5.16 Å². The van der Waals surface area contributed by atoms with Crippen molar-refractivity contribution in [1.29, 1.82) is 0 Å². The summed E-state index contributed by atoms with van der Waals surface area (Å²) >= 11 is 0.